The molecule has 0 amide bonds. The summed E-state index contributed by atoms with van der Waals surface area (Å²) in [5, 5.41) is 0. The Kier molecular flexibility index (Phi) is 3.76. The van der Waals surface area contributed by atoms with Crippen molar-refractivity contribution in [3.05, 3.63) is 22.6 Å². The third-order valence-corrected chi connectivity index (χ3v) is 2.93. The molecule has 0 atom stereocenters. The number of hydrogen-bond acceptors (Lipinski definition) is 3. The molecule has 3 nitrogen and oxygen atoms in total. The minimum Gasteiger partial charge on any atom is -0.375 e. The summed E-state index contributed by atoms with van der Waals surface area (Å²) < 4.78 is 19.7. The zero-order valence-corrected chi connectivity index (χ0v) is 10.7. The van der Waals surface area contributed by atoms with Crippen molar-refractivity contribution in [3.63, 3.8) is 0 Å². The van der Waals surface area contributed by atoms with E-state index in [0.717, 1.165) is 26.1 Å². The highest BCUT2D eigenvalue weighted by atomic mass is 79.9. The third kappa shape index (κ3) is 2.52. The fourth-order valence-electron chi connectivity index (χ4n) is 1.64. The van der Waals surface area contributed by atoms with Gasteiger partial charge in [-0.2, -0.15) is 0 Å². The Hall–Kier alpha value is -0.680. The molecule has 0 aliphatic carbocycles. The van der Waals surface area contributed by atoms with Gasteiger partial charge in [-0.1, -0.05) is 6.92 Å². The molecule has 16 heavy (non-hydrogen) atoms. The zero-order valence-electron chi connectivity index (χ0n) is 9.12. The lowest BCUT2D eigenvalue weighted by Gasteiger charge is -2.39. The molecule has 0 radical (unpaired) electrons. The summed E-state index contributed by atoms with van der Waals surface area (Å²) in [6.07, 6.45) is 2.85. The first-order chi connectivity index (χ1) is 7.70. The largest absolute Gasteiger partial charge is 0.375 e. The van der Waals surface area contributed by atoms with Gasteiger partial charge >= 0.3 is 0 Å². The van der Waals surface area contributed by atoms with Crippen LogP contribution in [-0.4, -0.2) is 30.8 Å². The predicted molar refractivity (Wildman–Crippen MR) is 64.1 cm³/mol. The van der Waals surface area contributed by atoms with Crippen molar-refractivity contribution in [1.29, 1.82) is 0 Å². The van der Waals surface area contributed by atoms with Gasteiger partial charge in [0.25, 0.3) is 0 Å². The molecular formula is C11H14BrFN2O. The van der Waals surface area contributed by atoms with E-state index in [-0.39, 0.29) is 11.9 Å². The Morgan fingerprint density at radius 3 is 3.00 bits per heavy atom. The summed E-state index contributed by atoms with van der Waals surface area (Å²) in [5.41, 5.74) is 0. The van der Waals surface area contributed by atoms with Crippen LogP contribution in [0.2, 0.25) is 0 Å². The van der Waals surface area contributed by atoms with E-state index in [1.807, 2.05) is 4.90 Å². The quantitative estimate of drug-likeness (QED) is 0.852. The van der Waals surface area contributed by atoms with E-state index >= 15 is 0 Å². The van der Waals surface area contributed by atoms with Gasteiger partial charge in [-0.15, -0.1) is 0 Å². The van der Waals surface area contributed by atoms with Gasteiger partial charge < -0.3 is 9.64 Å². The van der Waals surface area contributed by atoms with Crippen LogP contribution in [0, 0.1) is 5.82 Å². The monoisotopic (exact) mass is 288 g/mol. The summed E-state index contributed by atoms with van der Waals surface area (Å²) in [6, 6.07) is 1.43. The first-order valence-electron chi connectivity index (χ1n) is 5.38. The molecule has 1 aromatic rings. The Morgan fingerprint density at radius 1 is 1.62 bits per heavy atom. The lowest BCUT2D eigenvalue weighted by molar-refractivity contribution is 0.0341. The second kappa shape index (κ2) is 5.10. The highest BCUT2D eigenvalue weighted by Crippen LogP contribution is 2.25. The molecule has 88 valence electrons. The van der Waals surface area contributed by atoms with Crippen molar-refractivity contribution in [2.24, 2.45) is 0 Å². The van der Waals surface area contributed by atoms with Crippen LogP contribution >= 0.6 is 15.9 Å². The molecular weight excluding hydrogens is 275 g/mol. The maximum atomic E-state index is 13.5. The normalized spacial score (nSPS) is 16.3. The van der Waals surface area contributed by atoms with Crippen LogP contribution in [-0.2, 0) is 4.74 Å². The highest BCUT2D eigenvalue weighted by molar-refractivity contribution is 9.10. The van der Waals surface area contributed by atoms with Crippen molar-refractivity contribution in [2.45, 2.75) is 19.4 Å². The number of ether oxygens (including phenoxy) is 1. The molecule has 1 saturated heterocycles. The Bertz CT molecular complexity index is 369. The van der Waals surface area contributed by atoms with Gasteiger partial charge in [0.15, 0.2) is 11.6 Å². The number of hydrogen-bond donors (Lipinski definition) is 0. The van der Waals surface area contributed by atoms with Crippen molar-refractivity contribution >= 4 is 21.7 Å². The van der Waals surface area contributed by atoms with E-state index in [9.17, 15) is 4.39 Å². The SMILES string of the molecule is CCCOC1CN(c2ncc(Br)cc2F)C1. The van der Waals surface area contributed by atoms with E-state index in [4.69, 9.17) is 4.74 Å². The van der Waals surface area contributed by atoms with Crippen LogP contribution in [0.3, 0.4) is 0 Å². The lowest BCUT2D eigenvalue weighted by atomic mass is 10.1. The zero-order chi connectivity index (χ0) is 11.5. The number of anilines is 1. The molecule has 0 bridgehead atoms. The maximum Gasteiger partial charge on any atom is 0.166 e. The van der Waals surface area contributed by atoms with Gasteiger partial charge in [-0.05, 0) is 28.4 Å². The molecule has 5 heteroatoms. The fourth-order valence-corrected chi connectivity index (χ4v) is 1.94. The van der Waals surface area contributed by atoms with Crippen LogP contribution in [0.15, 0.2) is 16.7 Å². The molecule has 0 spiro atoms. The van der Waals surface area contributed by atoms with Crippen molar-refractivity contribution in [2.75, 3.05) is 24.6 Å². The third-order valence-electron chi connectivity index (χ3n) is 2.49. The molecule has 2 heterocycles. The standard InChI is InChI=1S/C11H14BrFN2O/c1-2-3-16-9-6-15(7-9)11-10(13)4-8(12)5-14-11/h4-5,9H,2-3,6-7H2,1H3. The van der Waals surface area contributed by atoms with Crippen LogP contribution in [0.4, 0.5) is 10.2 Å². The van der Waals surface area contributed by atoms with Crippen molar-refractivity contribution < 1.29 is 9.13 Å². The minimum absolute atomic E-state index is 0.227. The molecule has 2 rings (SSSR count). The first kappa shape index (κ1) is 11.8. The Balaban J connectivity index is 1.91. The minimum atomic E-state index is -0.289. The van der Waals surface area contributed by atoms with Crippen molar-refractivity contribution in [1.82, 2.24) is 4.98 Å². The molecule has 0 unspecified atom stereocenters. The molecule has 0 aromatic carbocycles. The number of pyridine rings is 1. The van der Waals surface area contributed by atoms with E-state index < -0.39 is 0 Å². The van der Waals surface area contributed by atoms with Crippen LogP contribution < -0.4 is 4.90 Å². The fraction of sp³-hybridized carbons (Fsp3) is 0.545. The average Bonchev–Trinajstić information content (AvgIpc) is 2.18. The van der Waals surface area contributed by atoms with Gasteiger partial charge in [-0.25, -0.2) is 9.37 Å². The van der Waals surface area contributed by atoms with Gasteiger partial charge in [0.05, 0.1) is 6.10 Å². The second-order valence-electron chi connectivity index (χ2n) is 3.86. The Morgan fingerprint density at radius 2 is 2.38 bits per heavy atom. The topological polar surface area (TPSA) is 25.4 Å². The highest BCUT2D eigenvalue weighted by Gasteiger charge is 2.29. The van der Waals surface area contributed by atoms with Crippen LogP contribution in [0.5, 0.6) is 0 Å². The first-order valence-corrected chi connectivity index (χ1v) is 6.17. The number of rotatable bonds is 4. The average molecular weight is 289 g/mol. The van der Waals surface area contributed by atoms with Gasteiger partial charge in [0.1, 0.15) is 0 Å². The van der Waals surface area contributed by atoms with E-state index in [0.29, 0.717) is 10.3 Å². The second-order valence-corrected chi connectivity index (χ2v) is 4.77. The molecule has 1 aromatic heterocycles. The molecule has 1 aliphatic rings. The van der Waals surface area contributed by atoms with E-state index in [1.165, 1.54) is 6.07 Å². The van der Waals surface area contributed by atoms with Gasteiger partial charge in [-0.3, -0.25) is 0 Å². The van der Waals surface area contributed by atoms with Crippen LogP contribution in [0.1, 0.15) is 13.3 Å². The van der Waals surface area contributed by atoms with Gasteiger partial charge in [0, 0.05) is 30.4 Å². The Labute approximate surface area is 103 Å². The van der Waals surface area contributed by atoms with Crippen LogP contribution in [0.25, 0.3) is 0 Å². The molecule has 0 N–H and O–H groups in total. The summed E-state index contributed by atoms with van der Waals surface area (Å²) in [5.74, 6) is 0.128. The maximum absolute atomic E-state index is 13.5. The van der Waals surface area contributed by atoms with E-state index in [1.54, 1.807) is 6.20 Å². The molecule has 1 aliphatic heterocycles. The van der Waals surface area contributed by atoms with E-state index in [2.05, 4.69) is 27.8 Å². The lowest BCUT2D eigenvalue weighted by Crippen LogP contribution is -2.53. The van der Waals surface area contributed by atoms with Gasteiger partial charge in [0.2, 0.25) is 0 Å². The molecule has 1 fully saturated rings. The van der Waals surface area contributed by atoms with Crippen molar-refractivity contribution in [3.8, 4) is 0 Å². The summed E-state index contributed by atoms with van der Waals surface area (Å²) >= 11 is 3.19. The number of aromatic nitrogens is 1. The summed E-state index contributed by atoms with van der Waals surface area (Å²) in [7, 11) is 0. The summed E-state index contributed by atoms with van der Waals surface area (Å²) in [4.78, 5) is 5.95. The molecule has 0 saturated carbocycles. The number of halogens is 2. The number of nitrogens with zero attached hydrogens (tertiary/aromatic N) is 2. The summed E-state index contributed by atoms with van der Waals surface area (Å²) in [6.45, 7) is 4.30. The predicted octanol–water partition coefficient (Wildman–Crippen LogP) is 2.60. The smallest absolute Gasteiger partial charge is 0.166 e.